The summed E-state index contributed by atoms with van der Waals surface area (Å²) in [5.41, 5.74) is 3.75. The molecule has 6 heteroatoms. The van der Waals surface area contributed by atoms with Crippen LogP contribution in [0, 0.1) is 13.8 Å². The molecule has 1 amide bonds. The van der Waals surface area contributed by atoms with Gasteiger partial charge in [-0.15, -0.1) is 11.3 Å². The molecule has 2 aromatic rings. The molecule has 0 N–H and O–H groups in total. The second-order valence-corrected chi connectivity index (χ2v) is 7.76. The van der Waals surface area contributed by atoms with Gasteiger partial charge in [-0.2, -0.15) is 5.10 Å². The lowest BCUT2D eigenvalue weighted by Gasteiger charge is -2.22. The molecule has 5 nitrogen and oxygen atoms in total. The Morgan fingerprint density at radius 1 is 1.24 bits per heavy atom. The molecule has 2 aromatic heterocycles. The lowest BCUT2D eigenvalue weighted by Crippen LogP contribution is -2.36. The molecule has 1 aliphatic rings. The van der Waals surface area contributed by atoms with Crippen molar-refractivity contribution in [3.05, 3.63) is 39.3 Å². The van der Waals surface area contributed by atoms with E-state index >= 15 is 0 Å². The van der Waals surface area contributed by atoms with Crippen molar-refractivity contribution in [3.63, 3.8) is 0 Å². The lowest BCUT2D eigenvalue weighted by atomic mass is 10.2. The van der Waals surface area contributed by atoms with Crippen molar-refractivity contribution in [1.82, 2.24) is 19.6 Å². The van der Waals surface area contributed by atoms with Gasteiger partial charge < -0.3 is 4.90 Å². The third kappa shape index (κ3) is 4.30. The van der Waals surface area contributed by atoms with Crippen LogP contribution in [0.5, 0.6) is 0 Å². The molecule has 1 fully saturated rings. The van der Waals surface area contributed by atoms with Gasteiger partial charge in [-0.25, -0.2) is 0 Å². The summed E-state index contributed by atoms with van der Waals surface area (Å²) in [6.07, 6.45) is 1.58. The van der Waals surface area contributed by atoms with E-state index < -0.39 is 0 Å². The van der Waals surface area contributed by atoms with Crippen LogP contribution in [0.2, 0.25) is 0 Å². The minimum atomic E-state index is 0.260. The van der Waals surface area contributed by atoms with Crippen molar-refractivity contribution in [1.29, 1.82) is 0 Å². The number of hydrogen-bond acceptors (Lipinski definition) is 4. The monoisotopic (exact) mass is 360 g/mol. The molecule has 0 radical (unpaired) electrons. The fourth-order valence-corrected chi connectivity index (χ4v) is 4.24. The number of nitrogens with zero attached hydrogens (tertiary/aromatic N) is 4. The summed E-state index contributed by atoms with van der Waals surface area (Å²) in [5, 5.41) is 6.66. The standard InChI is InChI=1S/C19H28N4OS/c1-4-23-16(3)18(15(2)20-23)14-21-8-6-9-22(11-10-21)19(24)13-17-7-5-12-25-17/h5,7,12H,4,6,8-11,13-14H2,1-3H3. The first-order chi connectivity index (χ1) is 12.1. The first-order valence-electron chi connectivity index (χ1n) is 9.14. The van der Waals surface area contributed by atoms with E-state index in [2.05, 4.69) is 35.5 Å². The Balaban J connectivity index is 1.58. The SMILES string of the molecule is CCn1nc(C)c(CN2CCCN(C(=O)Cc3cccs3)CC2)c1C. The molecular weight excluding hydrogens is 332 g/mol. The first-order valence-corrected chi connectivity index (χ1v) is 10.0. The van der Waals surface area contributed by atoms with E-state index in [1.54, 1.807) is 11.3 Å². The predicted molar refractivity (Wildman–Crippen MR) is 102 cm³/mol. The number of carbonyl (C=O) groups excluding carboxylic acids is 1. The summed E-state index contributed by atoms with van der Waals surface area (Å²) in [7, 11) is 0. The summed E-state index contributed by atoms with van der Waals surface area (Å²) in [5.74, 6) is 0.260. The maximum atomic E-state index is 12.5. The number of aryl methyl sites for hydroxylation is 2. The second kappa shape index (κ2) is 8.15. The molecule has 0 aliphatic carbocycles. The zero-order valence-corrected chi connectivity index (χ0v) is 16.3. The molecule has 25 heavy (non-hydrogen) atoms. The highest BCUT2D eigenvalue weighted by Gasteiger charge is 2.21. The topological polar surface area (TPSA) is 41.4 Å². The predicted octanol–water partition coefficient (Wildman–Crippen LogP) is 2.86. The molecule has 0 aromatic carbocycles. The Labute approximate surface area is 154 Å². The fraction of sp³-hybridized carbons (Fsp3) is 0.579. The van der Waals surface area contributed by atoms with Gasteiger partial charge in [0.1, 0.15) is 0 Å². The molecule has 3 rings (SSSR count). The molecular formula is C19H28N4OS. The highest BCUT2D eigenvalue weighted by Crippen LogP contribution is 2.17. The summed E-state index contributed by atoms with van der Waals surface area (Å²) >= 11 is 1.66. The van der Waals surface area contributed by atoms with E-state index in [4.69, 9.17) is 0 Å². The van der Waals surface area contributed by atoms with Crippen molar-refractivity contribution in [2.75, 3.05) is 26.2 Å². The van der Waals surface area contributed by atoms with Gasteiger partial charge >= 0.3 is 0 Å². The number of hydrogen-bond donors (Lipinski definition) is 0. The van der Waals surface area contributed by atoms with Crippen LogP contribution in [-0.2, 0) is 24.3 Å². The van der Waals surface area contributed by atoms with Gasteiger partial charge in [0, 0.05) is 55.4 Å². The number of carbonyl (C=O) groups is 1. The molecule has 0 spiro atoms. The van der Waals surface area contributed by atoms with Gasteiger partial charge in [0.25, 0.3) is 0 Å². The van der Waals surface area contributed by atoms with Gasteiger partial charge in [-0.3, -0.25) is 14.4 Å². The largest absolute Gasteiger partial charge is 0.341 e. The highest BCUT2D eigenvalue weighted by atomic mass is 32.1. The van der Waals surface area contributed by atoms with Crippen LogP contribution in [0.4, 0.5) is 0 Å². The molecule has 1 aliphatic heterocycles. The Morgan fingerprint density at radius 3 is 2.76 bits per heavy atom. The number of thiophene rings is 1. The number of aromatic nitrogens is 2. The summed E-state index contributed by atoms with van der Waals surface area (Å²) in [6, 6.07) is 4.06. The molecule has 1 saturated heterocycles. The quantitative estimate of drug-likeness (QED) is 0.823. The first kappa shape index (κ1) is 18.1. The molecule has 0 atom stereocenters. The minimum absolute atomic E-state index is 0.260. The summed E-state index contributed by atoms with van der Waals surface area (Å²) in [4.78, 5) is 18.2. The lowest BCUT2D eigenvalue weighted by molar-refractivity contribution is -0.130. The Hall–Kier alpha value is -1.66. The third-order valence-corrected chi connectivity index (χ3v) is 5.94. The van der Waals surface area contributed by atoms with Gasteiger partial charge in [-0.05, 0) is 38.6 Å². The van der Waals surface area contributed by atoms with Crippen LogP contribution < -0.4 is 0 Å². The van der Waals surface area contributed by atoms with E-state index in [9.17, 15) is 4.79 Å². The van der Waals surface area contributed by atoms with Crippen LogP contribution >= 0.6 is 11.3 Å². The van der Waals surface area contributed by atoms with Crippen LogP contribution in [-0.4, -0.2) is 51.7 Å². The Kier molecular flexibility index (Phi) is 5.91. The van der Waals surface area contributed by atoms with E-state index in [1.807, 2.05) is 22.4 Å². The molecule has 0 saturated carbocycles. The van der Waals surface area contributed by atoms with Gasteiger partial charge in [0.05, 0.1) is 12.1 Å². The van der Waals surface area contributed by atoms with Crippen molar-refractivity contribution < 1.29 is 4.79 Å². The molecule has 3 heterocycles. The van der Waals surface area contributed by atoms with E-state index in [-0.39, 0.29) is 5.91 Å². The minimum Gasteiger partial charge on any atom is -0.341 e. The van der Waals surface area contributed by atoms with Crippen molar-refractivity contribution in [2.45, 2.75) is 46.7 Å². The number of rotatable bonds is 5. The van der Waals surface area contributed by atoms with E-state index in [0.29, 0.717) is 6.42 Å². The van der Waals surface area contributed by atoms with Crippen LogP contribution in [0.25, 0.3) is 0 Å². The Morgan fingerprint density at radius 2 is 2.08 bits per heavy atom. The summed E-state index contributed by atoms with van der Waals surface area (Å²) < 4.78 is 2.08. The van der Waals surface area contributed by atoms with Crippen LogP contribution in [0.1, 0.15) is 35.2 Å². The molecule has 0 bridgehead atoms. The Bertz CT molecular complexity index is 707. The average Bonchev–Trinajstić information content (AvgIpc) is 3.11. The van der Waals surface area contributed by atoms with Crippen molar-refractivity contribution in [3.8, 4) is 0 Å². The third-order valence-electron chi connectivity index (χ3n) is 5.06. The van der Waals surface area contributed by atoms with Crippen LogP contribution in [0.15, 0.2) is 17.5 Å². The van der Waals surface area contributed by atoms with Gasteiger partial charge in [0.2, 0.25) is 5.91 Å². The summed E-state index contributed by atoms with van der Waals surface area (Å²) in [6.45, 7) is 11.9. The van der Waals surface area contributed by atoms with Crippen molar-refractivity contribution >= 4 is 17.2 Å². The zero-order valence-electron chi connectivity index (χ0n) is 15.5. The molecule has 136 valence electrons. The van der Waals surface area contributed by atoms with Crippen LogP contribution in [0.3, 0.4) is 0 Å². The smallest absolute Gasteiger partial charge is 0.227 e. The maximum absolute atomic E-state index is 12.5. The number of amides is 1. The van der Waals surface area contributed by atoms with Gasteiger partial charge in [-0.1, -0.05) is 6.07 Å². The van der Waals surface area contributed by atoms with E-state index in [0.717, 1.165) is 56.3 Å². The normalized spacial score (nSPS) is 16.2. The van der Waals surface area contributed by atoms with E-state index in [1.165, 1.54) is 11.3 Å². The maximum Gasteiger partial charge on any atom is 0.227 e. The zero-order chi connectivity index (χ0) is 17.8. The molecule has 0 unspecified atom stereocenters. The highest BCUT2D eigenvalue weighted by molar-refractivity contribution is 7.10. The van der Waals surface area contributed by atoms with Gasteiger partial charge in [0.15, 0.2) is 0 Å². The second-order valence-electron chi connectivity index (χ2n) is 6.73. The van der Waals surface area contributed by atoms with Crippen molar-refractivity contribution in [2.24, 2.45) is 0 Å². The average molecular weight is 361 g/mol. The fourth-order valence-electron chi connectivity index (χ4n) is 3.55.